The summed E-state index contributed by atoms with van der Waals surface area (Å²) in [7, 11) is 0. The van der Waals surface area contributed by atoms with E-state index in [1.54, 1.807) is 72.8 Å². The number of nitrogens with zero attached hydrogens (tertiary/aromatic N) is 1. The van der Waals surface area contributed by atoms with Crippen molar-refractivity contribution < 1.29 is 9.90 Å². The van der Waals surface area contributed by atoms with Gasteiger partial charge < -0.3 is 5.11 Å². The van der Waals surface area contributed by atoms with Crippen molar-refractivity contribution in [2.24, 2.45) is 5.10 Å². The average Bonchev–Trinajstić information content (AvgIpc) is 2.68. The lowest BCUT2D eigenvalue weighted by atomic mass is 9.85. The van der Waals surface area contributed by atoms with Crippen LogP contribution in [0.25, 0.3) is 0 Å². The molecule has 142 valence electrons. The summed E-state index contributed by atoms with van der Waals surface area (Å²) >= 11 is 17.8. The van der Waals surface area contributed by atoms with Crippen molar-refractivity contribution in [3.8, 4) is 0 Å². The molecule has 0 fully saturated rings. The predicted octanol–water partition coefficient (Wildman–Crippen LogP) is 5.03. The fraction of sp³-hybridized carbons (Fsp3) is 0.0476. The Hall–Kier alpha value is -2.37. The molecule has 0 aromatic heterocycles. The lowest BCUT2D eigenvalue weighted by Gasteiger charge is -2.27. The van der Waals surface area contributed by atoms with Gasteiger partial charge in [-0.25, -0.2) is 5.43 Å². The number of aliphatic hydroxyl groups is 1. The minimum absolute atomic E-state index is 0.342. The summed E-state index contributed by atoms with van der Waals surface area (Å²) in [4.78, 5) is 12.9. The summed E-state index contributed by atoms with van der Waals surface area (Å²) in [5.41, 5.74) is 1.79. The van der Waals surface area contributed by atoms with Gasteiger partial charge in [-0.05, 0) is 53.1 Å². The second kappa shape index (κ2) is 8.76. The van der Waals surface area contributed by atoms with Gasteiger partial charge >= 0.3 is 0 Å². The molecule has 0 aliphatic heterocycles. The number of hydrogen-bond acceptors (Lipinski definition) is 3. The van der Waals surface area contributed by atoms with Crippen molar-refractivity contribution in [3.05, 3.63) is 105 Å². The smallest absolute Gasteiger partial charge is 0.281 e. The van der Waals surface area contributed by atoms with Crippen LogP contribution in [0.4, 0.5) is 0 Å². The van der Waals surface area contributed by atoms with Gasteiger partial charge in [0, 0.05) is 15.1 Å². The number of carbonyl (C=O) groups is 1. The van der Waals surface area contributed by atoms with Gasteiger partial charge in [0.2, 0.25) is 0 Å². The molecule has 0 aliphatic rings. The molecule has 1 amide bonds. The van der Waals surface area contributed by atoms with E-state index in [2.05, 4.69) is 10.5 Å². The summed E-state index contributed by atoms with van der Waals surface area (Å²) in [5.74, 6) is -0.726. The Morgan fingerprint density at radius 3 is 1.89 bits per heavy atom. The molecule has 0 saturated carbocycles. The molecule has 0 bridgehead atoms. The number of benzene rings is 3. The Kier molecular flexibility index (Phi) is 6.37. The fourth-order valence-electron chi connectivity index (χ4n) is 2.64. The average molecular weight is 434 g/mol. The molecule has 0 spiro atoms. The first kappa shape index (κ1) is 20.4. The first-order valence-corrected chi connectivity index (χ1v) is 9.36. The molecule has 3 aromatic rings. The zero-order chi connectivity index (χ0) is 20.1. The maximum absolute atomic E-state index is 12.9. The third-order valence-electron chi connectivity index (χ3n) is 4.08. The molecule has 0 saturated heterocycles. The van der Waals surface area contributed by atoms with Crippen LogP contribution in [0.2, 0.25) is 15.1 Å². The van der Waals surface area contributed by atoms with Gasteiger partial charge in [-0.2, -0.15) is 5.10 Å². The van der Waals surface area contributed by atoms with E-state index in [0.717, 1.165) is 0 Å². The molecule has 0 radical (unpaired) electrons. The lowest BCUT2D eigenvalue weighted by molar-refractivity contribution is -0.136. The van der Waals surface area contributed by atoms with Crippen molar-refractivity contribution >= 4 is 46.9 Å². The van der Waals surface area contributed by atoms with E-state index in [1.165, 1.54) is 6.21 Å². The molecular formula is C21H15Cl3N2O2. The first-order valence-electron chi connectivity index (χ1n) is 8.23. The second-order valence-corrected chi connectivity index (χ2v) is 7.29. The zero-order valence-electron chi connectivity index (χ0n) is 14.4. The van der Waals surface area contributed by atoms with Crippen molar-refractivity contribution in [3.63, 3.8) is 0 Å². The van der Waals surface area contributed by atoms with E-state index in [1.807, 2.05) is 0 Å². The van der Waals surface area contributed by atoms with Gasteiger partial charge in [0.1, 0.15) is 0 Å². The summed E-state index contributed by atoms with van der Waals surface area (Å²) in [6.07, 6.45) is 1.44. The molecule has 0 aliphatic carbocycles. The highest BCUT2D eigenvalue weighted by Gasteiger charge is 2.40. The maximum Gasteiger partial charge on any atom is 0.281 e. The number of rotatable bonds is 5. The van der Waals surface area contributed by atoms with Gasteiger partial charge in [-0.1, -0.05) is 71.2 Å². The van der Waals surface area contributed by atoms with Gasteiger partial charge in [0.05, 0.1) is 6.21 Å². The molecule has 0 heterocycles. The summed E-state index contributed by atoms with van der Waals surface area (Å²) < 4.78 is 0. The molecule has 0 unspecified atom stereocenters. The zero-order valence-corrected chi connectivity index (χ0v) is 16.7. The van der Waals surface area contributed by atoms with Crippen LogP contribution < -0.4 is 5.43 Å². The van der Waals surface area contributed by atoms with Crippen LogP contribution in [0.3, 0.4) is 0 Å². The van der Waals surface area contributed by atoms with Gasteiger partial charge in [0.15, 0.2) is 5.60 Å². The monoisotopic (exact) mass is 432 g/mol. The third-order valence-corrected chi connectivity index (χ3v) is 4.82. The van der Waals surface area contributed by atoms with Crippen molar-refractivity contribution in [2.75, 3.05) is 0 Å². The fourth-order valence-corrected chi connectivity index (χ4v) is 3.09. The maximum atomic E-state index is 12.9. The number of carbonyl (C=O) groups excluding carboxylic acids is 1. The number of hydrogen-bond donors (Lipinski definition) is 2. The number of amides is 1. The van der Waals surface area contributed by atoms with Gasteiger partial charge in [-0.15, -0.1) is 0 Å². The minimum atomic E-state index is -1.99. The number of halogens is 3. The topological polar surface area (TPSA) is 61.7 Å². The highest BCUT2D eigenvalue weighted by Crippen LogP contribution is 2.31. The molecule has 28 heavy (non-hydrogen) atoms. The largest absolute Gasteiger partial charge is 0.372 e. The Morgan fingerprint density at radius 1 is 0.857 bits per heavy atom. The minimum Gasteiger partial charge on any atom is -0.372 e. The van der Waals surface area contributed by atoms with Gasteiger partial charge in [-0.3, -0.25) is 4.79 Å². The van der Waals surface area contributed by atoms with E-state index in [0.29, 0.717) is 31.8 Å². The second-order valence-electron chi connectivity index (χ2n) is 5.98. The van der Waals surface area contributed by atoms with Crippen LogP contribution >= 0.6 is 34.8 Å². The molecule has 3 aromatic carbocycles. The molecular weight excluding hydrogens is 419 g/mol. The standard InChI is InChI=1S/C21H15Cl3N2O2/c22-17-8-4-15(5-9-17)21(28,16-6-10-18(23)11-7-16)20(27)26-25-13-14-2-1-3-19(24)12-14/h1-13,28H,(H,26,27)/b25-13+. The van der Waals surface area contributed by atoms with Crippen LogP contribution in [0.15, 0.2) is 77.9 Å². The van der Waals surface area contributed by atoms with E-state index < -0.39 is 11.5 Å². The number of nitrogens with one attached hydrogen (secondary N) is 1. The molecule has 0 atom stereocenters. The highest BCUT2D eigenvalue weighted by atomic mass is 35.5. The quantitative estimate of drug-likeness (QED) is 0.438. The van der Waals surface area contributed by atoms with Crippen LogP contribution in [0, 0.1) is 0 Å². The van der Waals surface area contributed by atoms with E-state index in [-0.39, 0.29) is 0 Å². The highest BCUT2D eigenvalue weighted by molar-refractivity contribution is 6.31. The van der Waals surface area contributed by atoms with Crippen molar-refractivity contribution in [1.29, 1.82) is 0 Å². The summed E-state index contributed by atoms with van der Waals surface area (Å²) in [6.45, 7) is 0. The van der Waals surface area contributed by atoms with Crippen LogP contribution in [-0.2, 0) is 10.4 Å². The van der Waals surface area contributed by atoms with Crippen molar-refractivity contribution in [2.45, 2.75) is 5.60 Å². The van der Waals surface area contributed by atoms with Crippen LogP contribution in [-0.4, -0.2) is 17.2 Å². The van der Waals surface area contributed by atoms with E-state index >= 15 is 0 Å². The Labute approximate surface area is 177 Å². The van der Waals surface area contributed by atoms with E-state index in [9.17, 15) is 9.90 Å². The first-order chi connectivity index (χ1) is 13.4. The Bertz CT molecular complexity index is 957. The van der Waals surface area contributed by atoms with Crippen LogP contribution in [0.5, 0.6) is 0 Å². The van der Waals surface area contributed by atoms with Gasteiger partial charge in [0.25, 0.3) is 5.91 Å². The Morgan fingerprint density at radius 2 is 1.39 bits per heavy atom. The number of hydrazone groups is 1. The van der Waals surface area contributed by atoms with Crippen LogP contribution in [0.1, 0.15) is 16.7 Å². The SMILES string of the molecule is O=C(N/N=C/c1cccc(Cl)c1)C(O)(c1ccc(Cl)cc1)c1ccc(Cl)cc1. The van der Waals surface area contributed by atoms with E-state index in [4.69, 9.17) is 34.8 Å². The summed E-state index contributed by atoms with van der Waals surface area (Å²) in [5, 5.41) is 16.8. The Balaban J connectivity index is 1.93. The third kappa shape index (κ3) is 4.54. The summed E-state index contributed by atoms with van der Waals surface area (Å²) in [6, 6.07) is 19.7. The predicted molar refractivity (Wildman–Crippen MR) is 113 cm³/mol. The molecule has 2 N–H and O–H groups in total. The van der Waals surface area contributed by atoms with Crippen molar-refractivity contribution in [1.82, 2.24) is 5.43 Å². The molecule has 7 heteroatoms. The normalized spacial score (nSPS) is 11.6. The lowest BCUT2D eigenvalue weighted by Crippen LogP contribution is -2.43. The molecule has 3 rings (SSSR count). The molecule has 4 nitrogen and oxygen atoms in total.